The summed E-state index contributed by atoms with van der Waals surface area (Å²) >= 11 is 5.46. The van der Waals surface area contributed by atoms with Gasteiger partial charge in [-0.2, -0.15) is 18.4 Å². The Morgan fingerprint density at radius 3 is 2.52 bits per heavy atom. The van der Waals surface area contributed by atoms with Crippen LogP contribution in [0.2, 0.25) is 0 Å². The van der Waals surface area contributed by atoms with Crippen LogP contribution < -0.4 is 14.5 Å². The number of benzene rings is 1. The highest BCUT2D eigenvalue weighted by Crippen LogP contribution is 2.34. The molecule has 2 heterocycles. The molecule has 6 nitrogen and oxygen atoms in total. The molecule has 1 fully saturated rings. The van der Waals surface area contributed by atoms with Crippen molar-refractivity contribution in [3.05, 3.63) is 47.8 Å². The third-order valence-corrected chi connectivity index (χ3v) is 4.77. The van der Waals surface area contributed by atoms with E-state index in [4.69, 9.17) is 22.2 Å². The molecule has 29 heavy (non-hydrogen) atoms. The molecule has 0 N–H and O–H groups in total. The number of hydrogen-bond donors (Lipinski definition) is 0. The van der Waals surface area contributed by atoms with E-state index in [1.165, 1.54) is 13.2 Å². The number of nitriles is 1. The molecule has 0 aliphatic carbocycles. The molecule has 2 aromatic rings. The zero-order chi connectivity index (χ0) is 21.2. The first-order valence-corrected chi connectivity index (χ1v) is 8.93. The second-order valence-electron chi connectivity index (χ2n) is 6.16. The first-order valence-electron chi connectivity index (χ1n) is 8.52. The Bertz CT molecular complexity index is 986. The molecule has 1 aliphatic heterocycles. The molecular formula is C19H15F3N4O2S. The molecule has 10 heteroatoms. The van der Waals surface area contributed by atoms with E-state index < -0.39 is 23.3 Å². The van der Waals surface area contributed by atoms with Gasteiger partial charge in [-0.15, -0.1) is 0 Å². The van der Waals surface area contributed by atoms with E-state index in [1.807, 2.05) is 0 Å². The zero-order valence-electron chi connectivity index (χ0n) is 15.2. The quantitative estimate of drug-likeness (QED) is 0.702. The summed E-state index contributed by atoms with van der Waals surface area (Å²) in [6.45, 7) is 0.420. The third-order valence-electron chi connectivity index (χ3n) is 4.37. The van der Waals surface area contributed by atoms with Crippen molar-refractivity contribution in [1.82, 2.24) is 4.98 Å². The molecule has 1 amide bonds. The number of aromatic nitrogens is 1. The molecule has 1 aromatic heterocycles. The van der Waals surface area contributed by atoms with Crippen LogP contribution in [0.5, 0.6) is 5.75 Å². The Morgan fingerprint density at radius 2 is 1.93 bits per heavy atom. The molecule has 1 aliphatic rings. The standard InChI is InChI=1S/C19H15F3N4O2S/c1-28-14-6-4-12(5-7-14)25-8-2-3-17(27)26(18(25)29)13-9-15(19(20,21)22)16(10-23)24-11-13/h4-7,9,11H,2-3,8H2,1H3. The number of alkyl halides is 3. The van der Waals surface area contributed by atoms with Crippen LogP contribution in [0.15, 0.2) is 36.5 Å². The lowest BCUT2D eigenvalue weighted by Gasteiger charge is -2.30. The average molecular weight is 420 g/mol. The van der Waals surface area contributed by atoms with Gasteiger partial charge in [0.05, 0.1) is 24.6 Å². The van der Waals surface area contributed by atoms with Crippen molar-refractivity contribution in [1.29, 1.82) is 5.26 Å². The number of pyridine rings is 1. The van der Waals surface area contributed by atoms with Crippen LogP contribution in [-0.4, -0.2) is 29.7 Å². The van der Waals surface area contributed by atoms with E-state index in [0.717, 1.165) is 17.2 Å². The molecule has 0 unspecified atom stereocenters. The highest BCUT2D eigenvalue weighted by molar-refractivity contribution is 7.81. The van der Waals surface area contributed by atoms with Gasteiger partial charge in [0.2, 0.25) is 5.91 Å². The van der Waals surface area contributed by atoms with Crippen LogP contribution in [0.4, 0.5) is 24.5 Å². The molecule has 0 radical (unpaired) electrons. The second-order valence-corrected chi connectivity index (χ2v) is 6.53. The van der Waals surface area contributed by atoms with Gasteiger partial charge in [0.15, 0.2) is 10.8 Å². The number of amides is 1. The molecule has 0 saturated carbocycles. The van der Waals surface area contributed by atoms with Crippen molar-refractivity contribution in [3.63, 3.8) is 0 Å². The highest BCUT2D eigenvalue weighted by atomic mass is 32.1. The summed E-state index contributed by atoms with van der Waals surface area (Å²) in [5.41, 5.74) is -1.44. The van der Waals surface area contributed by atoms with Gasteiger partial charge in [0.25, 0.3) is 0 Å². The largest absolute Gasteiger partial charge is 0.497 e. The minimum Gasteiger partial charge on any atom is -0.497 e. The molecule has 0 atom stereocenters. The SMILES string of the molecule is COc1ccc(N2CCCC(=O)N(c3cnc(C#N)c(C(F)(F)F)c3)C2=S)cc1. The van der Waals surface area contributed by atoms with Crippen molar-refractivity contribution in [3.8, 4) is 11.8 Å². The fourth-order valence-electron chi connectivity index (χ4n) is 2.96. The maximum atomic E-state index is 13.3. The molecule has 3 rings (SSSR count). The predicted octanol–water partition coefficient (Wildman–Crippen LogP) is 3.90. The van der Waals surface area contributed by atoms with Crippen molar-refractivity contribution in [2.24, 2.45) is 0 Å². The lowest BCUT2D eigenvalue weighted by molar-refractivity contribution is -0.138. The number of anilines is 2. The smallest absolute Gasteiger partial charge is 0.419 e. The lowest BCUT2D eigenvalue weighted by Crippen LogP contribution is -2.44. The van der Waals surface area contributed by atoms with Gasteiger partial charge in [0.1, 0.15) is 11.8 Å². The van der Waals surface area contributed by atoms with Crippen molar-refractivity contribution in [2.45, 2.75) is 19.0 Å². The minimum absolute atomic E-state index is 0.0392. The van der Waals surface area contributed by atoms with Crippen LogP contribution in [0.25, 0.3) is 0 Å². The Kier molecular flexibility index (Phi) is 5.70. The highest BCUT2D eigenvalue weighted by Gasteiger charge is 2.37. The van der Waals surface area contributed by atoms with Gasteiger partial charge >= 0.3 is 6.18 Å². The molecule has 0 spiro atoms. The van der Waals surface area contributed by atoms with Gasteiger partial charge in [-0.3, -0.25) is 9.69 Å². The topological polar surface area (TPSA) is 69.5 Å². The number of carbonyl (C=O) groups excluding carboxylic acids is 1. The Morgan fingerprint density at radius 1 is 1.24 bits per heavy atom. The van der Waals surface area contributed by atoms with Gasteiger partial charge in [0, 0.05) is 18.7 Å². The minimum atomic E-state index is -4.79. The number of carbonyl (C=O) groups is 1. The number of ether oxygens (including phenoxy) is 1. The third kappa shape index (κ3) is 4.14. The van der Waals surface area contributed by atoms with Gasteiger partial charge in [-0.25, -0.2) is 4.98 Å². The maximum absolute atomic E-state index is 13.3. The maximum Gasteiger partial charge on any atom is 0.419 e. The Balaban J connectivity index is 2.04. The van der Waals surface area contributed by atoms with Gasteiger partial charge < -0.3 is 9.64 Å². The second kappa shape index (κ2) is 8.05. The van der Waals surface area contributed by atoms with E-state index >= 15 is 0 Å². The van der Waals surface area contributed by atoms with Crippen molar-refractivity contribution < 1.29 is 22.7 Å². The first-order chi connectivity index (χ1) is 13.8. The van der Waals surface area contributed by atoms with E-state index in [9.17, 15) is 18.0 Å². The number of rotatable bonds is 3. The Labute approximate surface area is 170 Å². The fraction of sp³-hybridized carbons (Fsp3) is 0.263. The number of nitrogens with zero attached hydrogens (tertiary/aromatic N) is 4. The van der Waals surface area contributed by atoms with Crippen LogP contribution in [0.1, 0.15) is 24.1 Å². The summed E-state index contributed by atoms with van der Waals surface area (Å²) in [4.78, 5) is 18.9. The van der Waals surface area contributed by atoms with Gasteiger partial charge in [-0.1, -0.05) is 0 Å². The fourth-order valence-corrected chi connectivity index (χ4v) is 3.36. The average Bonchev–Trinajstić information content (AvgIpc) is 2.85. The van der Waals surface area contributed by atoms with Crippen LogP contribution in [-0.2, 0) is 11.0 Å². The van der Waals surface area contributed by atoms with Crippen LogP contribution >= 0.6 is 12.2 Å². The summed E-state index contributed by atoms with van der Waals surface area (Å²) in [5.74, 6) is 0.194. The van der Waals surface area contributed by atoms with E-state index in [2.05, 4.69) is 4.98 Å². The monoisotopic (exact) mass is 420 g/mol. The van der Waals surface area contributed by atoms with Gasteiger partial charge in [-0.05, 0) is 49.0 Å². The summed E-state index contributed by atoms with van der Waals surface area (Å²) in [7, 11) is 1.53. The Hall–Kier alpha value is -3.19. The van der Waals surface area contributed by atoms with E-state index in [1.54, 1.807) is 29.2 Å². The van der Waals surface area contributed by atoms with Crippen molar-refractivity contribution >= 4 is 34.6 Å². The number of methoxy groups -OCH3 is 1. The molecule has 1 aromatic carbocycles. The van der Waals surface area contributed by atoms with Crippen molar-refractivity contribution in [2.75, 3.05) is 23.5 Å². The molecule has 1 saturated heterocycles. The summed E-state index contributed by atoms with van der Waals surface area (Å²) in [6.07, 6.45) is -3.17. The lowest BCUT2D eigenvalue weighted by atomic mass is 10.1. The van der Waals surface area contributed by atoms with E-state index in [0.29, 0.717) is 24.4 Å². The predicted molar refractivity (Wildman–Crippen MR) is 104 cm³/mol. The molecule has 150 valence electrons. The molecule has 0 bridgehead atoms. The number of thiocarbonyl (C=S) groups is 1. The van der Waals surface area contributed by atoms with Crippen LogP contribution in [0, 0.1) is 11.3 Å². The van der Waals surface area contributed by atoms with Crippen LogP contribution in [0.3, 0.4) is 0 Å². The summed E-state index contributed by atoms with van der Waals surface area (Å²) in [6, 6.07) is 9.09. The zero-order valence-corrected chi connectivity index (χ0v) is 16.0. The van der Waals surface area contributed by atoms with E-state index in [-0.39, 0.29) is 17.2 Å². The molecular weight excluding hydrogens is 405 g/mol. The number of halogens is 3. The normalized spacial score (nSPS) is 15.1. The number of hydrogen-bond acceptors (Lipinski definition) is 5. The summed E-state index contributed by atoms with van der Waals surface area (Å²) < 4.78 is 45.1. The summed E-state index contributed by atoms with van der Waals surface area (Å²) in [5, 5.41) is 8.97. The first kappa shape index (κ1) is 20.5.